The largest absolute Gasteiger partial charge is 0.350 e. The molecule has 4 nitrogen and oxygen atoms in total. The van der Waals surface area contributed by atoms with Crippen LogP contribution in [0.4, 0.5) is 0 Å². The number of nitroso groups, excluding NO2 is 1. The molecule has 0 aliphatic heterocycles. The van der Waals surface area contributed by atoms with E-state index in [1.807, 2.05) is 6.07 Å². The minimum Gasteiger partial charge on any atom is -0.350 e. The summed E-state index contributed by atoms with van der Waals surface area (Å²) in [6, 6.07) is 7.74. The third kappa shape index (κ3) is 3.02. The highest BCUT2D eigenvalue weighted by molar-refractivity contribution is 5.83. The molecule has 1 amide bonds. The van der Waals surface area contributed by atoms with Crippen molar-refractivity contribution in [1.29, 1.82) is 0 Å². The fraction of sp³-hybridized carbons (Fsp3) is 0.182. The molecule has 1 aromatic carbocycles. The van der Waals surface area contributed by atoms with Crippen LogP contribution in [0.1, 0.15) is 11.6 Å². The lowest BCUT2D eigenvalue weighted by atomic mass is 10.1. The topological polar surface area (TPSA) is 58.5 Å². The van der Waals surface area contributed by atoms with Gasteiger partial charge < -0.3 is 5.32 Å². The van der Waals surface area contributed by atoms with Crippen LogP contribution >= 0.6 is 0 Å². The molecule has 0 aliphatic carbocycles. The first-order chi connectivity index (χ1) is 7.29. The van der Waals surface area contributed by atoms with Gasteiger partial charge in [-0.15, -0.1) is 11.5 Å². The Morgan fingerprint density at radius 2 is 2.13 bits per heavy atom. The van der Waals surface area contributed by atoms with E-state index in [9.17, 15) is 9.70 Å². The second kappa shape index (κ2) is 5.70. The van der Waals surface area contributed by atoms with Gasteiger partial charge in [-0.3, -0.25) is 4.79 Å². The lowest BCUT2D eigenvalue weighted by Gasteiger charge is -2.08. The molecular formula is C11H12N2O2. The average molecular weight is 204 g/mol. The Morgan fingerprint density at radius 3 is 2.67 bits per heavy atom. The molecule has 78 valence electrons. The number of hydrogen-bond acceptors (Lipinski definition) is 3. The van der Waals surface area contributed by atoms with Crippen molar-refractivity contribution in [2.24, 2.45) is 5.18 Å². The maximum absolute atomic E-state index is 11.5. The van der Waals surface area contributed by atoms with Crippen LogP contribution in [-0.2, 0) is 4.79 Å². The average Bonchev–Trinajstić information content (AvgIpc) is 2.29. The fourth-order valence-corrected chi connectivity index (χ4v) is 1.16. The molecule has 1 unspecified atom stereocenters. The van der Waals surface area contributed by atoms with E-state index in [-0.39, 0.29) is 0 Å². The highest BCUT2D eigenvalue weighted by Gasteiger charge is 2.19. The van der Waals surface area contributed by atoms with E-state index in [1.54, 1.807) is 30.3 Å². The Hall–Kier alpha value is -1.97. The quantitative estimate of drug-likeness (QED) is 0.587. The van der Waals surface area contributed by atoms with Crippen molar-refractivity contribution >= 4 is 5.91 Å². The number of hydrogen-bond donors (Lipinski definition) is 1. The van der Waals surface area contributed by atoms with Crippen molar-refractivity contribution in [1.82, 2.24) is 5.32 Å². The fourth-order valence-electron chi connectivity index (χ4n) is 1.16. The van der Waals surface area contributed by atoms with Gasteiger partial charge in [0.15, 0.2) is 6.04 Å². The van der Waals surface area contributed by atoms with Gasteiger partial charge in [0.2, 0.25) is 0 Å². The Labute approximate surface area is 88.0 Å². The van der Waals surface area contributed by atoms with E-state index in [1.165, 1.54) is 0 Å². The standard InChI is InChI=1S/C11H12N2O2/c1-2-8-12-11(14)10(13-15)9-6-4-3-5-7-9/h2-7,10H,1,8H2,(H,12,14). The van der Waals surface area contributed by atoms with E-state index < -0.39 is 11.9 Å². The first-order valence-corrected chi connectivity index (χ1v) is 4.55. The van der Waals surface area contributed by atoms with Gasteiger partial charge in [-0.2, -0.15) is 0 Å². The van der Waals surface area contributed by atoms with Crippen molar-refractivity contribution in [2.75, 3.05) is 6.54 Å². The first-order valence-electron chi connectivity index (χ1n) is 4.55. The van der Waals surface area contributed by atoms with E-state index in [4.69, 9.17) is 0 Å². The zero-order chi connectivity index (χ0) is 11.1. The molecule has 0 fully saturated rings. The Balaban J connectivity index is 2.76. The minimum absolute atomic E-state index is 0.331. The van der Waals surface area contributed by atoms with Gasteiger partial charge in [0, 0.05) is 6.54 Å². The van der Waals surface area contributed by atoms with Gasteiger partial charge in [0.1, 0.15) is 0 Å². The lowest BCUT2D eigenvalue weighted by molar-refractivity contribution is -0.122. The molecule has 15 heavy (non-hydrogen) atoms. The Morgan fingerprint density at radius 1 is 1.47 bits per heavy atom. The molecule has 1 aromatic rings. The molecule has 0 radical (unpaired) electrons. The molecule has 0 saturated heterocycles. The smallest absolute Gasteiger partial charge is 0.253 e. The molecule has 1 atom stereocenters. The zero-order valence-corrected chi connectivity index (χ0v) is 8.22. The molecule has 4 heteroatoms. The second-order valence-electron chi connectivity index (χ2n) is 2.95. The number of carbonyl (C=O) groups is 1. The van der Waals surface area contributed by atoms with Gasteiger partial charge in [-0.1, -0.05) is 41.6 Å². The number of amides is 1. The van der Waals surface area contributed by atoms with E-state index in [0.29, 0.717) is 12.1 Å². The predicted molar refractivity (Wildman–Crippen MR) is 58.2 cm³/mol. The van der Waals surface area contributed by atoms with Crippen LogP contribution < -0.4 is 5.32 Å². The number of nitrogens with one attached hydrogen (secondary N) is 1. The summed E-state index contributed by atoms with van der Waals surface area (Å²) < 4.78 is 0. The molecule has 0 saturated carbocycles. The van der Waals surface area contributed by atoms with Crippen LogP contribution in [0.25, 0.3) is 0 Å². The van der Waals surface area contributed by atoms with Crippen LogP contribution in [0.3, 0.4) is 0 Å². The zero-order valence-electron chi connectivity index (χ0n) is 8.22. The van der Waals surface area contributed by atoms with Crippen molar-refractivity contribution in [3.63, 3.8) is 0 Å². The first kappa shape index (κ1) is 11.1. The summed E-state index contributed by atoms with van der Waals surface area (Å²) in [5.41, 5.74) is 0.592. The van der Waals surface area contributed by atoms with Crippen molar-refractivity contribution in [3.05, 3.63) is 53.5 Å². The number of benzene rings is 1. The summed E-state index contributed by atoms with van der Waals surface area (Å²) in [7, 11) is 0. The molecular weight excluding hydrogens is 192 g/mol. The van der Waals surface area contributed by atoms with Crippen molar-refractivity contribution < 1.29 is 4.79 Å². The van der Waals surface area contributed by atoms with E-state index in [2.05, 4.69) is 17.1 Å². The highest BCUT2D eigenvalue weighted by Crippen LogP contribution is 2.16. The van der Waals surface area contributed by atoms with Crippen LogP contribution in [-0.4, -0.2) is 12.5 Å². The lowest BCUT2D eigenvalue weighted by Crippen LogP contribution is -2.28. The number of carbonyl (C=O) groups excluding carboxylic acids is 1. The maximum Gasteiger partial charge on any atom is 0.253 e. The van der Waals surface area contributed by atoms with Crippen LogP contribution in [0, 0.1) is 4.91 Å². The van der Waals surface area contributed by atoms with Gasteiger partial charge >= 0.3 is 0 Å². The highest BCUT2D eigenvalue weighted by atomic mass is 16.3. The third-order valence-corrected chi connectivity index (χ3v) is 1.89. The molecule has 1 rings (SSSR count). The predicted octanol–water partition coefficient (Wildman–Crippen LogP) is 1.80. The summed E-state index contributed by atoms with van der Waals surface area (Å²) in [6.45, 7) is 3.80. The molecule has 0 heterocycles. The number of rotatable bonds is 5. The van der Waals surface area contributed by atoms with E-state index in [0.717, 1.165) is 0 Å². The van der Waals surface area contributed by atoms with Crippen molar-refractivity contribution in [2.45, 2.75) is 6.04 Å². The Bertz CT molecular complexity index is 349. The summed E-state index contributed by atoms with van der Waals surface area (Å²) in [5.74, 6) is -0.406. The van der Waals surface area contributed by atoms with Gasteiger partial charge in [-0.25, -0.2) is 0 Å². The summed E-state index contributed by atoms with van der Waals surface area (Å²) in [5, 5.41) is 5.35. The monoisotopic (exact) mass is 204 g/mol. The second-order valence-corrected chi connectivity index (χ2v) is 2.95. The van der Waals surface area contributed by atoms with Gasteiger partial charge in [0.25, 0.3) is 5.91 Å². The summed E-state index contributed by atoms with van der Waals surface area (Å²) >= 11 is 0. The molecule has 1 N–H and O–H groups in total. The van der Waals surface area contributed by atoms with E-state index >= 15 is 0 Å². The third-order valence-electron chi connectivity index (χ3n) is 1.89. The van der Waals surface area contributed by atoms with Gasteiger partial charge in [0.05, 0.1) is 0 Å². The molecule has 0 aromatic heterocycles. The Kier molecular flexibility index (Phi) is 4.22. The van der Waals surface area contributed by atoms with Crippen LogP contribution in [0.15, 0.2) is 48.2 Å². The minimum atomic E-state index is -0.980. The van der Waals surface area contributed by atoms with Crippen molar-refractivity contribution in [3.8, 4) is 0 Å². The number of nitrogens with zero attached hydrogens (tertiary/aromatic N) is 1. The van der Waals surface area contributed by atoms with Gasteiger partial charge in [-0.05, 0) is 5.56 Å². The summed E-state index contributed by atoms with van der Waals surface area (Å²) in [4.78, 5) is 22.1. The molecule has 0 bridgehead atoms. The molecule has 0 aliphatic rings. The SMILES string of the molecule is C=CCNC(=O)C(N=O)c1ccccc1. The summed E-state index contributed by atoms with van der Waals surface area (Å²) in [6.07, 6.45) is 1.55. The van der Waals surface area contributed by atoms with Crippen LogP contribution in [0.2, 0.25) is 0 Å². The normalized spacial score (nSPS) is 11.5. The maximum atomic E-state index is 11.5. The molecule has 0 spiro atoms. The van der Waals surface area contributed by atoms with Crippen LogP contribution in [0.5, 0.6) is 0 Å².